The third-order valence-electron chi connectivity index (χ3n) is 5.47. The summed E-state index contributed by atoms with van der Waals surface area (Å²) in [5.74, 6) is -0.294. The predicted octanol–water partition coefficient (Wildman–Crippen LogP) is 3.58. The van der Waals surface area contributed by atoms with Crippen molar-refractivity contribution in [1.29, 1.82) is 0 Å². The van der Waals surface area contributed by atoms with Crippen LogP contribution in [0.3, 0.4) is 0 Å². The van der Waals surface area contributed by atoms with Gasteiger partial charge in [-0.3, -0.25) is 0 Å². The minimum absolute atomic E-state index is 0.176. The highest BCUT2D eigenvalue weighted by atomic mass is 19.1. The van der Waals surface area contributed by atoms with Crippen LogP contribution in [-0.2, 0) is 9.47 Å². The second-order valence-corrected chi connectivity index (χ2v) is 7.36. The van der Waals surface area contributed by atoms with Crippen LogP contribution >= 0.6 is 0 Å². The largest absolute Gasteiger partial charge is 0.378 e. The Morgan fingerprint density at radius 1 is 1.03 bits per heavy atom. The maximum absolute atomic E-state index is 13.3. The Labute approximate surface area is 170 Å². The smallest absolute Gasteiger partial charge is 0.322 e. The van der Waals surface area contributed by atoms with Gasteiger partial charge in [0.25, 0.3) is 0 Å². The number of morpholine rings is 2. The van der Waals surface area contributed by atoms with Crippen molar-refractivity contribution < 1.29 is 18.7 Å². The minimum Gasteiger partial charge on any atom is -0.378 e. The first-order chi connectivity index (χ1) is 14.1. The number of ether oxygens (including phenoxy) is 2. The van der Waals surface area contributed by atoms with Crippen molar-refractivity contribution >= 4 is 17.4 Å². The van der Waals surface area contributed by atoms with Crippen LogP contribution in [0.1, 0.15) is 17.2 Å². The molecule has 1 unspecified atom stereocenters. The highest BCUT2D eigenvalue weighted by molar-refractivity contribution is 5.91. The van der Waals surface area contributed by atoms with Crippen LogP contribution in [0.2, 0.25) is 0 Å². The Hall–Kier alpha value is -2.64. The summed E-state index contributed by atoms with van der Waals surface area (Å²) in [5.41, 5.74) is 3.80. The average molecular weight is 399 g/mol. The van der Waals surface area contributed by atoms with E-state index in [9.17, 15) is 9.18 Å². The van der Waals surface area contributed by atoms with Gasteiger partial charge in [0.05, 0.1) is 32.5 Å². The monoisotopic (exact) mass is 399 g/mol. The number of nitrogens with one attached hydrogen (secondary N) is 1. The van der Waals surface area contributed by atoms with Crippen molar-refractivity contribution in [3.63, 3.8) is 0 Å². The van der Waals surface area contributed by atoms with Gasteiger partial charge < -0.3 is 24.6 Å². The molecular weight excluding hydrogens is 373 g/mol. The number of hydrogen-bond acceptors (Lipinski definition) is 4. The molecule has 0 spiro atoms. The number of benzene rings is 2. The van der Waals surface area contributed by atoms with Gasteiger partial charge in [-0.1, -0.05) is 12.1 Å². The van der Waals surface area contributed by atoms with E-state index in [1.165, 1.54) is 12.1 Å². The Kier molecular flexibility index (Phi) is 5.97. The summed E-state index contributed by atoms with van der Waals surface area (Å²) in [4.78, 5) is 17.1. The number of halogens is 1. The zero-order chi connectivity index (χ0) is 20.2. The molecule has 29 heavy (non-hydrogen) atoms. The molecule has 0 bridgehead atoms. The normalized spacial score (nSPS) is 19.9. The number of amides is 2. The molecule has 1 atom stereocenters. The second kappa shape index (κ2) is 8.80. The summed E-state index contributed by atoms with van der Waals surface area (Å²) in [6.45, 7) is 6.58. The SMILES string of the molecule is Cc1cc(N2CCOCC2)ccc1NC(=O)N1CCOCC1c1ccc(F)cc1. The molecule has 2 aromatic carbocycles. The molecule has 2 fully saturated rings. The van der Waals surface area contributed by atoms with Gasteiger partial charge in [0.2, 0.25) is 0 Å². The first kappa shape index (κ1) is 19.7. The van der Waals surface area contributed by atoms with Crippen LogP contribution in [0.15, 0.2) is 42.5 Å². The van der Waals surface area contributed by atoms with Gasteiger partial charge in [-0.15, -0.1) is 0 Å². The standard InChI is InChI=1S/C22H26FN3O3/c1-16-14-19(25-8-11-28-12-9-25)6-7-20(16)24-22(27)26-10-13-29-15-21(26)17-2-4-18(23)5-3-17/h2-7,14,21H,8-13,15H2,1H3,(H,24,27). The van der Waals surface area contributed by atoms with Crippen LogP contribution < -0.4 is 10.2 Å². The zero-order valence-electron chi connectivity index (χ0n) is 16.6. The van der Waals surface area contributed by atoms with E-state index in [-0.39, 0.29) is 17.9 Å². The van der Waals surface area contributed by atoms with E-state index in [0.717, 1.165) is 48.8 Å². The highest BCUT2D eigenvalue weighted by Gasteiger charge is 2.29. The molecule has 154 valence electrons. The zero-order valence-corrected chi connectivity index (χ0v) is 16.6. The van der Waals surface area contributed by atoms with E-state index < -0.39 is 0 Å². The first-order valence-electron chi connectivity index (χ1n) is 9.96. The molecule has 0 radical (unpaired) electrons. The lowest BCUT2D eigenvalue weighted by atomic mass is 10.1. The van der Waals surface area contributed by atoms with E-state index >= 15 is 0 Å². The fourth-order valence-corrected chi connectivity index (χ4v) is 3.80. The second-order valence-electron chi connectivity index (χ2n) is 7.36. The van der Waals surface area contributed by atoms with Crippen molar-refractivity contribution in [3.8, 4) is 0 Å². The summed E-state index contributed by atoms with van der Waals surface area (Å²) in [5, 5.41) is 3.04. The van der Waals surface area contributed by atoms with Gasteiger partial charge >= 0.3 is 6.03 Å². The quantitative estimate of drug-likeness (QED) is 0.857. The molecule has 2 aromatic rings. The number of rotatable bonds is 3. The van der Waals surface area contributed by atoms with Gasteiger partial charge in [-0.2, -0.15) is 0 Å². The van der Waals surface area contributed by atoms with Crippen LogP contribution in [0.4, 0.5) is 20.6 Å². The molecule has 2 saturated heterocycles. The Balaban J connectivity index is 1.47. The fourth-order valence-electron chi connectivity index (χ4n) is 3.80. The lowest BCUT2D eigenvalue weighted by Crippen LogP contribution is -2.45. The van der Waals surface area contributed by atoms with Gasteiger partial charge in [0.15, 0.2) is 0 Å². The molecule has 0 aliphatic carbocycles. The number of nitrogens with zero attached hydrogens (tertiary/aromatic N) is 2. The molecule has 7 heteroatoms. The topological polar surface area (TPSA) is 54.0 Å². The Bertz CT molecular complexity index is 853. The summed E-state index contributed by atoms with van der Waals surface area (Å²) in [6.07, 6.45) is 0. The number of urea groups is 1. The van der Waals surface area contributed by atoms with Crippen molar-refractivity contribution in [3.05, 3.63) is 59.4 Å². The van der Waals surface area contributed by atoms with Crippen molar-refractivity contribution in [1.82, 2.24) is 4.90 Å². The summed E-state index contributed by atoms with van der Waals surface area (Å²) < 4.78 is 24.3. The first-order valence-corrected chi connectivity index (χ1v) is 9.96. The average Bonchev–Trinajstić information content (AvgIpc) is 2.76. The Morgan fingerprint density at radius 3 is 2.48 bits per heavy atom. The molecule has 0 saturated carbocycles. The third kappa shape index (κ3) is 4.52. The van der Waals surface area contributed by atoms with Crippen molar-refractivity contribution in [2.24, 2.45) is 0 Å². The maximum atomic E-state index is 13.3. The van der Waals surface area contributed by atoms with E-state index in [4.69, 9.17) is 9.47 Å². The van der Waals surface area contributed by atoms with Crippen molar-refractivity contribution in [2.75, 3.05) is 56.3 Å². The number of anilines is 2. The summed E-state index contributed by atoms with van der Waals surface area (Å²) in [6, 6.07) is 11.9. The molecule has 0 aromatic heterocycles. The molecule has 2 aliphatic heterocycles. The van der Waals surface area contributed by atoms with Crippen LogP contribution in [0.25, 0.3) is 0 Å². The van der Waals surface area contributed by atoms with E-state index in [1.807, 2.05) is 19.1 Å². The molecule has 6 nitrogen and oxygen atoms in total. The van der Waals surface area contributed by atoms with Gasteiger partial charge in [-0.25, -0.2) is 9.18 Å². The lowest BCUT2D eigenvalue weighted by molar-refractivity contribution is 0.0147. The molecular formula is C22H26FN3O3. The predicted molar refractivity (Wildman–Crippen MR) is 110 cm³/mol. The van der Waals surface area contributed by atoms with Crippen LogP contribution in [-0.4, -0.2) is 57.0 Å². The summed E-state index contributed by atoms with van der Waals surface area (Å²) >= 11 is 0. The number of carbonyl (C=O) groups is 1. The number of carbonyl (C=O) groups excluding carboxylic acids is 1. The summed E-state index contributed by atoms with van der Waals surface area (Å²) in [7, 11) is 0. The minimum atomic E-state index is -0.294. The van der Waals surface area contributed by atoms with Crippen LogP contribution in [0.5, 0.6) is 0 Å². The lowest BCUT2D eigenvalue weighted by Gasteiger charge is -2.36. The van der Waals surface area contributed by atoms with Gasteiger partial charge in [-0.05, 0) is 48.4 Å². The molecule has 1 N–H and O–H groups in total. The number of aryl methyl sites for hydroxylation is 1. The van der Waals surface area contributed by atoms with Gasteiger partial charge in [0.1, 0.15) is 5.82 Å². The molecule has 2 heterocycles. The van der Waals surface area contributed by atoms with Gasteiger partial charge in [0, 0.05) is 31.0 Å². The maximum Gasteiger partial charge on any atom is 0.322 e. The van der Waals surface area contributed by atoms with E-state index in [2.05, 4.69) is 16.3 Å². The van der Waals surface area contributed by atoms with Crippen molar-refractivity contribution in [2.45, 2.75) is 13.0 Å². The van der Waals surface area contributed by atoms with Crippen LogP contribution in [0, 0.1) is 12.7 Å². The number of hydrogen-bond donors (Lipinski definition) is 1. The molecule has 2 aliphatic rings. The molecule has 4 rings (SSSR count). The highest BCUT2D eigenvalue weighted by Crippen LogP contribution is 2.27. The van der Waals surface area contributed by atoms with E-state index in [1.54, 1.807) is 17.0 Å². The molecule has 2 amide bonds. The third-order valence-corrected chi connectivity index (χ3v) is 5.47. The van der Waals surface area contributed by atoms with E-state index in [0.29, 0.717) is 19.8 Å². The fraction of sp³-hybridized carbons (Fsp3) is 0.409. The Morgan fingerprint density at radius 2 is 1.76 bits per heavy atom.